The Labute approximate surface area is 184 Å². The van der Waals surface area contributed by atoms with Crippen LogP contribution in [-0.2, 0) is 16.1 Å². The summed E-state index contributed by atoms with van der Waals surface area (Å²) in [6.45, 7) is 2.10. The normalized spacial score (nSPS) is 11.3. The van der Waals surface area contributed by atoms with E-state index < -0.39 is 0 Å². The zero-order valence-electron chi connectivity index (χ0n) is 16.8. The molecule has 30 heavy (non-hydrogen) atoms. The molecule has 158 valence electrons. The van der Waals surface area contributed by atoms with Gasteiger partial charge in [0.05, 0.1) is 24.7 Å². The fourth-order valence-electron chi connectivity index (χ4n) is 2.72. The predicted molar refractivity (Wildman–Crippen MR) is 121 cm³/mol. The van der Waals surface area contributed by atoms with Gasteiger partial charge < -0.3 is 15.4 Å². The second kappa shape index (κ2) is 11.0. The number of fused-ring (bicyclic) bond motifs is 1. The summed E-state index contributed by atoms with van der Waals surface area (Å²) < 4.78 is 6.84. The summed E-state index contributed by atoms with van der Waals surface area (Å²) in [7, 11) is 1.65. The zero-order chi connectivity index (χ0) is 21.3. The maximum Gasteiger partial charge on any atom is 0.244 e. The first-order valence-electron chi connectivity index (χ1n) is 9.33. The van der Waals surface area contributed by atoms with E-state index in [9.17, 15) is 4.79 Å². The number of nitrogens with one attached hydrogen (secondary N) is 2. The molecular formula is C20H23ClN6O2S. The lowest BCUT2D eigenvalue weighted by atomic mass is 10.2. The van der Waals surface area contributed by atoms with Crippen LogP contribution in [-0.4, -0.2) is 58.7 Å². The number of methoxy groups -OCH3 is 1. The molecule has 2 N–H and O–H groups in total. The fraction of sp³-hybridized carbons (Fsp3) is 0.300. The van der Waals surface area contributed by atoms with E-state index in [4.69, 9.17) is 16.3 Å². The number of hydrogen-bond acceptors (Lipinski definition) is 7. The van der Waals surface area contributed by atoms with E-state index >= 15 is 0 Å². The van der Waals surface area contributed by atoms with Gasteiger partial charge >= 0.3 is 0 Å². The van der Waals surface area contributed by atoms with Crippen molar-refractivity contribution in [1.82, 2.24) is 25.1 Å². The van der Waals surface area contributed by atoms with E-state index in [-0.39, 0.29) is 5.91 Å². The molecule has 3 rings (SSSR count). The molecular weight excluding hydrogens is 424 g/mol. The van der Waals surface area contributed by atoms with E-state index in [1.807, 2.05) is 24.5 Å². The molecule has 3 aromatic rings. The molecule has 0 aliphatic carbocycles. The molecule has 0 unspecified atom stereocenters. The summed E-state index contributed by atoms with van der Waals surface area (Å²) in [6, 6.07) is 7.35. The standard InChI is InChI=1S/C20H23ClN6O2S/c1-29-12-10-23-18-15-13-24-27(19(15)26-20(25-18)30-2)11-9-22-17(28)8-7-14-5-3-4-6-16(14)21/h3-8,13H,9-12H2,1-2H3,(H,22,28)(H,23,25,26)/b8-7+. The van der Waals surface area contributed by atoms with E-state index in [1.54, 1.807) is 30.1 Å². The van der Waals surface area contributed by atoms with Gasteiger partial charge in [0, 0.05) is 31.3 Å². The number of aromatic nitrogens is 4. The van der Waals surface area contributed by atoms with Gasteiger partial charge in [-0.15, -0.1) is 0 Å². The quantitative estimate of drug-likeness (QED) is 0.214. The van der Waals surface area contributed by atoms with Crippen molar-refractivity contribution in [2.45, 2.75) is 11.7 Å². The molecule has 0 aliphatic rings. The van der Waals surface area contributed by atoms with Crippen molar-refractivity contribution in [2.24, 2.45) is 0 Å². The molecule has 0 bridgehead atoms. The summed E-state index contributed by atoms with van der Waals surface area (Å²) in [4.78, 5) is 21.2. The molecule has 0 spiro atoms. The number of thioether (sulfide) groups is 1. The molecule has 10 heteroatoms. The highest BCUT2D eigenvalue weighted by molar-refractivity contribution is 7.98. The zero-order valence-corrected chi connectivity index (χ0v) is 18.3. The minimum atomic E-state index is -0.201. The van der Waals surface area contributed by atoms with Crippen molar-refractivity contribution >= 4 is 52.2 Å². The lowest BCUT2D eigenvalue weighted by molar-refractivity contribution is -0.116. The van der Waals surface area contributed by atoms with Gasteiger partial charge in [-0.1, -0.05) is 41.6 Å². The molecule has 2 heterocycles. The molecule has 1 amide bonds. The largest absolute Gasteiger partial charge is 0.383 e. The Morgan fingerprint density at radius 2 is 2.13 bits per heavy atom. The third-order valence-electron chi connectivity index (χ3n) is 4.20. The monoisotopic (exact) mass is 446 g/mol. The number of carbonyl (C=O) groups excluding carboxylic acids is 1. The molecule has 2 aromatic heterocycles. The van der Waals surface area contributed by atoms with Crippen molar-refractivity contribution in [3.8, 4) is 0 Å². The third-order valence-corrected chi connectivity index (χ3v) is 5.09. The van der Waals surface area contributed by atoms with Crippen LogP contribution in [0.3, 0.4) is 0 Å². The van der Waals surface area contributed by atoms with Crippen molar-refractivity contribution in [2.75, 3.05) is 38.4 Å². The number of ether oxygens (including phenoxy) is 1. The van der Waals surface area contributed by atoms with Crippen LogP contribution < -0.4 is 10.6 Å². The van der Waals surface area contributed by atoms with Crippen LogP contribution in [0.4, 0.5) is 5.82 Å². The van der Waals surface area contributed by atoms with Crippen LogP contribution in [0.5, 0.6) is 0 Å². The number of hydrogen-bond donors (Lipinski definition) is 2. The average molecular weight is 447 g/mol. The SMILES string of the molecule is COCCNc1nc(SC)nc2c1cnn2CCNC(=O)/C=C/c1ccccc1Cl. The Bertz CT molecular complexity index is 1040. The number of rotatable bonds is 10. The van der Waals surface area contributed by atoms with Crippen LogP contribution in [0, 0.1) is 0 Å². The van der Waals surface area contributed by atoms with Crippen molar-refractivity contribution in [3.05, 3.63) is 47.1 Å². The fourth-order valence-corrected chi connectivity index (χ4v) is 3.28. The highest BCUT2D eigenvalue weighted by atomic mass is 35.5. The second-order valence-corrected chi connectivity index (χ2v) is 7.41. The first kappa shape index (κ1) is 22.1. The Kier molecular flexibility index (Phi) is 8.06. The smallest absolute Gasteiger partial charge is 0.244 e. The van der Waals surface area contributed by atoms with Gasteiger partial charge in [-0.2, -0.15) is 5.10 Å². The van der Waals surface area contributed by atoms with Crippen LogP contribution >= 0.6 is 23.4 Å². The number of amides is 1. The van der Waals surface area contributed by atoms with Gasteiger partial charge in [-0.05, 0) is 24.0 Å². The van der Waals surface area contributed by atoms with E-state index in [1.165, 1.54) is 17.8 Å². The maximum absolute atomic E-state index is 12.1. The molecule has 0 aliphatic heterocycles. The first-order valence-corrected chi connectivity index (χ1v) is 10.9. The minimum Gasteiger partial charge on any atom is -0.383 e. The minimum absolute atomic E-state index is 0.201. The predicted octanol–water partition coefficient (Wildman–Crippen LogP) is 3.09. The number of carbonyl (C=O) groups is 1. The van der Waals surface area contributed by atoms with Crippen LogP contribution in [0.25, 0.3) is 17.1 Å². The summed E-state index contributed by atoms with van der Waals surface area (Å²) >= 11 is 7.55. The maximum atomic E-state index is 12.1. The molecule has 0 atom stereocenters. The summed E-state index contributed by atoms with van der Waals surface area (Å²) in [5.41, 5.74) is 1.51. The highest BCUT2D eigenvalue weighted by Crippen LogP contribution is 2.23. The number of benzene rings is 1. The summed E-state index contributed by atoms with van der Waals surface area (Å²) in [6.07, 6.45) is 6.81. The summed E-state index contributed by atoms with van der Waals surface area (Å²) in [5.74, 6) is 0.520. The molecule has 0 radical (unpaired) electrons. The Hall–Kier alpha value is -2.62. The van der Waals surface area contributed by atoms with Gasteiger partial charge in [0.2, 0.25) is 5.91 Å². The van der Waals surface area contributed by atoms with Crippen molar-refractivity contribution in [3.63, 3.8) is 0 Å². The Balaban J connectivity index is 1.63. The number of halogens is 1. The van der Waals surface area contributed by atoms with Crippen molar-refractivity contribution < 1.29 is 9.53 Å². The van der Waals surface area contributed by atoms with Gasteiger partial charge in [0.1, 0.15) is 5.82 Å². The lowest BCUT2D eigenvalue weighted by Gasteiger charge is -2.09. The first-order chi connectivity index (χ1) is 14.6. The molecule has 0 fully saturated rings. The van der Waals surface area contributed by atoms with E-state index in [2.05, 4.69) is 25.7 Å². The van der Waals surface area contributed by atoms with Crippen molar-refractivity contribution in [1.29, 1.82) is 0 Å². The number of anilines is 1. The lowest BCUT2D eigenvalue weighted by Crippen LogP contribution is -2.25. The van der Waals surface area contributed by atoms with Crippen LogP contribution in [0.2, 0.25) is 5.02 Å². The van der Waals surface area contributed by atoms with Crippen LogP contribution in [0.15, 0.2) is 41.7 Å². The van der Waals surface area contributed by atoms with E-state index in [0.717, 1.165) is 22.4 Å². The Morgan fingerprint density at radius 3 is 2.90 bits per heavy atom. The van der Waals surface area contributed by atoms with Gasteiger partial charge in [-0.25, -0.2) is 14.6 Å². The van der Waals surface area contributed by atoms with Gasteiger partial charge in [-0.3, -0.25) is 4.79 Å². The highest BCUT2D eigenvalue weighted by Gasteiger charge is 2.12. The molecule has 0 saturated heterocycles. The number of nitrogens with zero attached hydrogens (tertiary/aromatic N) is 4. The van der Waals surface area contributed by atoms with Gasteiger partial charge in [0.25, 0.3) is 0 Å². The summed E-state index contributed by atoms with van der Waals surface area (Å²) in [5, 5.41) is 12.6. The van der Waals surface area contributed by atoms with Gasteiger partial charge in [0.15, 0.2) is 10.8 Å². The van der Waals surface area contributed by atoms with E-state index in [0.29, 0.717) is 36.4 Å². The van der Waals surface area contributed by atoms with Crippen LogP contribution in [0.1, 0.15) is 5.56 Å². The molecule has 0 saturated carbocycles. The molecule has 1 aromatic carbocycles. The third kappa shape index (κ3) is 5.71. The topological polar surface area (TPSA) is 94.0 Å². The Morgan fingerprint density at radius 1 is 1.30 bits per heavy atom. The molecule has 8 nitrogen and oxygen atoms in total. The average Bonchev–Trinajstić information content (AvgIpc) is 3.16. The second-order valence-electron chi connectivity index (χ2n) is 6.23.